The molecule has 2 heteroatoms. The monoisotopic (exact) mass is 177 g/mol. The Morgan fingerprint density at radius 3 is 2.38 bits per heavy atom. The first-order chi connectivity index (χ1) is 6.35. The zero-order chi connectivity index (χ0) is 9.15. The average Bonchev–Trinajstić information content (AvgIpc) is 2.13. The number of nitrogens with one attached hydrogen (secondary N) is 1. The van der Waals surface area contributed by atoms with Crippen molar-refractivity contribution in [1.82, 2.24) is 5.32 Å². The van der Waals surface area contributed by atoms with E-state index in [1.807, 2.05) is 18.2 Å². The lowest BCUT2D eigenvalue weighted by atomic mass is 9.77. The van der Waals surface area contributed by atoms with Crippen molar-refractivity contribution in [2.45, 2.75) is 6.42 Å². The Kier molecular flexibility index (Phi) is 2.34. The van der Waals surface area contributed by atoms with Crippen LogP contribution >= 0.6 is 0 Å². The molecule has 2 N–H and O–H groups in total. The van der Waals surface area contributed by atoms with E-state index in [0.29, 0.717) is 0 Å². The van der Waals surface area contributed by atoms with Crippen LogP contribution in [-0.2, 0) is 6.42 Å². The van der Waals surface area contributed by atoms with Gasteiger partial charge in [0.2, 0.25) is 0 Å². The summed E-state index contributed by atoms with van der Waals surface area (Å²) in [6, 6.07) is 10.4. The summed E-state index contributed by atoms with van der Waals surface area (Å²) in [7, 11) is 0. The molecule has 0 atom stereocenters. The zero-order valence-corrected chi connectivity index (χ0v) is 7.66. The first kappa shape index (κ1) is 8.73. The van der Waals surface area contributed by atoms with Gasteiger partial charge in [-0.05, 0) is 12.0 Å². The van der Waals surface area contributed by atoms with Crippen molar-refractivity contribution in [2.24, 2.45) is 5.41 Å². The van der Waals surface area contributed by atoms with E-state index >= 15 is 0 Å². The second-order valence-corrected chi connectivity index (χ2v) is 3.92. The molecule has 1 aromatic carbocycles. The van der Waals surface area contributed by atoms with Crippen molar-refractivity contribution < 1.29 is 5.11 Å². The van der Waals surface area contributed by atoms with Crippen molar-refractivity contribution in [2.75, 3.05) is 19.7 Å². The average molecular weight is 177 g/mol. The maximum absolute atomic E-state index is 9.26. The minimum atomic E-state index is 0.112. The number of aliphatic hydroxyl groups is 1. The smallest absolute Gasteiger partial charge is 0.0515 e. The summed E-state index contributed by atoms with van der Waals surface area (Å²) in [5.74, 6) is 0. The van der Waals surface area contributed by atoms with Crippen LogP contribution in [0.25, 0.3) is 0 Å². The van der Waals surface area contributed by atoms with E-state index < -0.39 is 0 Å². The first-order valence-electron chi connectivity index (χ1n) is 4.70. The third-order valence-electron chi connectivity index (χ3n) is 2.76. The van der Waals surface area contributed by atoms with E-state index in [2.05, 4.69) is 17.4 Å². The second kappa shape index (κ2) is 3.48. The number of benzene rings is 1. The lowest BCUT2D eigenvalue weighted by Gasteiger charge is -2.41. The Morgan fingerprint density at radius 1 is 1.23 bits per heavy atom. The van der Waals surface area contributed by atoms with Gasteiger partial charge in [-0.1, -0.05) is 30.3 Å². The predicted octanol–water partition coefficient (Wildman–Crippen LogP) is 0.811. The van der Waals surface area contributed by atoms with Gasteiger partial charge in [0.05, 0.1) is 6.61 Å². The van der Waals surface area contributed by atoms with E-state index in [-0.39, 0.29) is 12.0 Å². The molecule has 13 heavy (non-hydrogen) atoms. The normalized spacial score (nSPS) is 19.5. The molecular weight excluding hydrogens is 162 g/mol. The Hall–Kier alpha value is -0.860. The van der Waals surface area contributed by atoms with Crippen molar-refractivity contribution in [3.63, 3.8) is 0 Å². The van der Waals surface area contributed by atoms with Gasteiger partial charge in [-0.3, -0.25) is 0 Å². The van der Waals surface area contributed by atoms with Crippen molar-refractivity contribution in [3.05, 3.63) is 35.9 Å². The molecule has 0 radical (unpaired) electrons. The molecular formula is C11H15NO. The van der Waals surface area contributed by atoms with Crippen LogP contribution in [0.4, 0.5) is 0 Å². The molecule has 1 aliphatic heterocycles. The predicted molar refractivity (Wildman–Crippen MR) is 52.5 cm³/mol. The number of hydrogen-bond donors (Lipinski definition) is 2. The van der Waals surface area contributed by atoms with Crippen LogP contribution in [0.3, 0.4) is 0 Å². The van der Waals surface area contributed by atoms with E-state index in [4.69, 9.17) is 0 Å². The fourth-order valence-corrected chi connectivity index (χ4v) is 1.80. The molecule has 2 nitrogen and oxygen atoms in total. The molecule has 0 unspecified atom stereocenters. The van der Waals surface area contributed by atoms with E-state index in [1.54, 1.807) is 0 Å². The van der Waals surface area contributed by atoms with Crippen molar-refractivity contribution in [1.29, 1.82) is 0 Å². The van der Waals surface area contributed by atoms with E-state index in [1.165, 1.54) is 5.56 Å². The maximum Gasteiger partial charge on any atom is 0.0515 e. The van der Waals surface area contributed by atoms with Gasteiger partial charge in [-0.15, -0.1) is 0 Å². The fourth-order valence-electron chi connectivity index (χ4n) is 1.80. The molecule has 1 heterocycles. The first-order valence-corrected chi connectivity index (χ1v) is 4.70. The van der Waals surface area contributed by atoms with Crippen LogP contribution < -0.4 is 5.32 Å². The highest BCUT2D eigenvalue weighted by Crippen LogP contribution is 2.26. The summed E-state index contributed by atoms with van der Waals surface area (Å²) < 4.78 is 0. The van der Waals surface area contributed by atoms with E-state index in [9.17, 15) is 5.11 Å². The summed E-state index contributed by atoms with van der Waals surface area (Å²) >= 11 is 0. The minimum absolute atomic E-state index is 0.112. The lowest BCUT2D eigenvalue weighted by molar-refractivity contribution is 0.0687. The molecule has 0 aliphatic carbocycles. The van der Waals surface area contributed by atoms with Gasteiger partial charge in [0.15, 0.2) is 0 Å². The van der Waals surface area contributed by atoms with Gasteiger partial charge in [-0.2, -0.15) is 0 Å². The van der Waals surface area contributed by atoms with Crippen molar-refractivity contribution >= 4 is 0 Å². The van der Waals surface area contributed by atoms with Crippen molar-refractivity contribution in [3.8, 4) is 0 Å². The molecule has 0 aromatic heterocycles. The molecule has 0 spiro atoms. The fraction of sp³-hybridized carbons (Fsp3) is 0.455. The van der Waals surface area contributed by atoms with Crippen LogP contribution in [0.2, 0.25) is 0 Å². The van der Waals surface area contributed by atoms with Gasteiger partial charge < -0.3 is 10.4 Å². The molecule has 0 saturated carbocycles. The lowest BCUT2D eigenvalue weighted by Crippen LogP contribution is -2.56. The molecule has 0 amide bonds. The summed E-state index contributed by atoms with van der Waals surface area (Å²) in [4.78, 5) is 0. The molecule has 1 fully saturated rings. The largest absolute Gasteiger partial charge is 0.396 e. The summed E-state index contributed by atoms with van der Waals surface area (Å²) in [5.41, 5.74) is 1.43. The quantitative estimate of drug-likeness (QED) is 0.716. The molecule has 1 aliphatic rings. The molecule has 2 rings (SSSR count). The highest BCUT2D eigenvalue weighted by molar-refractivity contribution is 5.18. The standard InChI is InChI=1S/C11H15NO/c13-9-11(7-12-8-11)6-10-4-2-1-3-5-10/h1-5,12-13H,6-9H2. The molecule has 1 aromatic rings. The van der Waals surface area contributed by atoms with Crippen LogP contribution in [0.5, 0.6) is 0 Å². The highest BCUT2D eigenvalue weighted by atomic mass is 16.3. The number of hydrogen-bond acceptors (Lipinski definition) is 2. The van der Waals surface area contributed by atoms with Gasteiger partial charge in [0.1, 0.15) is 0 Å². The van der Waals surface area contributed by atoms with Crippen LogP contribution in [0, 0.1) is 5.41 Å². The summed E-state index contributed by atoms with van der Waals surface area (Å²) in [6.07, 6.45) is 0.983. The maximum atomic E-state index is 9.26. The summed E-state index contributed by atoms with van der Waals surface area (Å²) in [6.45, 7) is 2.17. The molecule has 0 bridgehead atoms. The zero-order valence-electron chi connectivity index (χ0n) is 7.66. The van der Waals surface area contributed by atoms with Gasteiger partial charge in [-0.25, -0.2) is 0 Å². The van der Waals surface area contributed by atoms with Crippen LogP contribution in [-0.4, -0.2) is 24.8 Å². The topological polar surface area (TPSA) is 32.3 Å². The SMILES string of the molecule is OCC1(Cc2ccccc2)CNC1. The third-order valence-corrected chi connectivity index (χ3v) is 2.76. The number of aliphatic hydroxyl groups excluding tert-OH is 1. The van der Waals surface area contributed by atoms with Gasteiger partial charge >= 0.3 is 0 Å². The summed E-state index contributed by atoms with van der Waals surface area (Å²) in [5, 5.41) is 12.5. The number of rotatable bonds is 3. The minimum Gasteiger partial charge on any atom is -0.396 e. The second-order valence-electron chi connectivity index (χ2n) is 3.92. The van der Waals surface area contributed by atoms with E-state index in [0.717, 1.165) is 19.5 Å². The van der Waals surface area contributed by atoms with Crippen LogP contribution in [0.15, 0.2) is 30.3 Å². The molecule has 70 valence electrons. The van der Waals surface area contributed by atoms with Gasteiger partial charge in [0, 0.05) is 18.5 Å². The Morgan fingerprint density at radius 2 is 1.92 bits per heavy atom. The Labute approximate surface area is 78.6 Å². The third kappa shape index (κ3) is 1.74. The Bertz CT molecular complexity index is 261. The Balaban J connectivity index is 2.05. The van der Waals surface area contributed by atoms with Gasteiger partial charge in [0.25, 0.3) is 0 Å². The molecule has 1 saturated heterocycles. The highest BCUT2D eigenvalue weighted by Gasteiger charge is 2.35. The van der Waals surface area contributed by atoms with Crippen LogP contribution in [0.1, 0.15) is 5.56 Å².